The van der Waals surface area contributed by atoms with E-state index in [0.29, 0.717) is 19.6 Å². The zero-order valence-electron chi connectivity index (χ0n) is 15.3. The molecule has 1 aromatic rings. The number of nitrogens with one attached hydrogen (secondary N) is 1. The molecule has 1 aromatic heterocycles. The van der Waals surface area contributed by atoms with Crippen LogP contribution < -0.4 is 11.1 Å². The van der Waals surface area contributed by atoms with E-state index in [1.807, 2.05) is 34.6 Å². The molecule has 7 heteroatoms. The molecule has 6 nitrogen and oxygen atoms in total. The smallest absolute Gasteiger partial charge is 0.241 e. The zero-order chi connectivity index (χ0) is 17.3. The van der Waals surface area contributed by atoms with E-state index in [4.69, 9.17) is 15.0 Å². The number of amides is 1. The summed E-state index contributed by atoms with van der Waals surface area (Å²) < 4.78 is 11.0. The lowest BCUT2D eigenvalue weighted by atomic mass is 9.54. The molecule has 3 N–H and O–H groups in total. The van der Waals surface area contributed by atoms with E-state index in [9.17, 15) is 4.79 Å². The maximum absolute atomic E-state index is 12.7. The normalized spacial score (nSPS) is 24.8. The molecule has 1 aliphatic rings. The Morgan fingerprint density at radius 1 is 1.38 bits per heavy atom. The average Bonchev–Trinajstić information content (AvgIpc) is 2.93. The van der Waals surface area contributed by atoms with Crippen LogP contribution in [0.4, 0.5) is 0 Å². The summed E-state index contributed by atoms with van der Waals surface area (Å²) in [6.07, 6.45) is 2.10. The maximum Gasteiger partial charge on any atom is 0.241 e. The summed E-state index contributed by atoms with van der Waals surface area (Å²) in [6.45, 7) is 11.0. The lowest BCUT2D eigenvalue weighted by Crippen LogP contribution is -2.75. The highest BCUT2D eigenvalue weighted by Gasteiger charge is 2.62. The van der Waals surface area contributed by atoms with Crippen molar-refractivity contribution in [2.24, 2.45) is 11.1 Å². The molecule has 24 heavy (non-hydrogen) atoms. The van der Waals surface area contributed by atoms with Crippen LogP contribution in [-0.2, 0) is 28.9 Å². The van der Waals surface area contributed by atoms with Crippen LogP contribution in [0.1, 0.15) is 58.1 Å². The lowest BCUT2D eigenvalue weighted by molar-refractivity contribution is -0.170. The lowest BCUT2D eigenvalue weighted by Gasteiger charge is -2.57. The third kappa shape index (κ3) is 3.32. The number of carbonyl (C=O) groups excluding carboxylic acids is 1. The first-order valence-corrected chi connectivity index (χ1v) is 8.46. The minimum atomic E-state index is -0.900. The van der Waals surface area contributed by atoms with Gasteiger partial charge in [-0.1, -0.05) is 32.9 Å². The SMILES string of the molecule is CCOC1CC(N)(C(=O)NCc2c(CC)noc2CC)C1(C)C.Cl. The summed E-state index contributed by atoms with van der Waals surface area (Å²) in [7, 11) is 0. The number of rotatable bonds is 7. The number of nitrogens with zero attached hydrogens (tertiary/aromatic N) is 1. The van der Waals surface area contributed by atoms with Crippen molar-refractivity contribution in [1.29, 1.82) is 0 Å². The Hall–Kier alpha value is -1.11. The number of nitrogens with two attached hydrogens (primary N) is 1. The number of ether oxygens (including phenoxy) is 1. The van der Waals surface area contributed by atoms with Crippen molar-refractivity contribution in [3.8, 4) is 0 Å². The molecule has 0 spiro atoms. The van der Waals surface area contributed by atoms with Crippen molar-refractivity contribution >= 4 is 18.3 Å². The Bertz CT molecular complexity index is 552. The fourth-order valence-corrected chi connectivity index (χ4v) is 3.28. The zero-order valence-corrected chi connectivity index (χ0v) is 16.1. The van der Waals surface area contributed by atoms with Gasteiger partial charge in [-0.05, 0) is 13.3 Å². The number of aromatic nitrogens is 1. The summed E-state index contributed by atoms with van der Waals surface area (Å²) in [4.78, 5) is 12.7. The van der Waals surface area contributed by atoms with Gasteiger partial charge in [-0.3, -0.25) is 4.79 Å². The molecule has 0 aromatic carbocycles. The Morgan fingerprint density at radius 2 is 2.04 bits per heavy atom. The van der Waals surface area contributed by atoms with Gasteiger partial charge < -0.3 is 20.3 Å². The van der Waals surface area contributed by atoms with E-state index in [0.717, 1.165) is 29.9 Å². The molecule has 0 bridgehead atoms. The van der Waals surface area contributed by atoms with E-state index in [1.165, 1.54) is 0 Å². The van der Waals surface area contributed by atoms with Gasteiger partial charge in [0.05, 0.1) is 11.8 Å². The largest absolute Gasteiger partial charge is 0.378 e. The van der Waals surface area contributed by atoms with Crippen LogP contribution in [0, 0.1) is 5.41 Å². The van der Waals surface area contributed by atoms with Gasteiger partial charge in [-0.2, -0.15) is 0 Å². The highest BCUT2D eigenvalue weighted by molar-refractivity contribution is 5.88. The molecular weight excluding hydrogens is 330 g/mol. The van der Waals surface area contributed by atoms with E-state index >= 15 is 0 Å². The molecule has 0 saturated heterocycles. The van der Waals surface area contributed by atoms with E-state index in [1.54, 1.807) is 0 Å². The van der Waals surface area contributed by atoms with Gasteiger partial charge in [-0.25, -0.2) is 0 Å². The second-order valence-corrected chi connectivity index (χ2v) is 6.76. The Balaban J connectivity index is 0.00000288. The third-order valence-electron chi connectivity index (χ3n) is 5.27. The van der Waals surface area contributed by atoms with Crippen LogP contribution in [0.3, 0.4) is 0 Å². The van der Waals surface area contributed by atoms with Crippen LogP contribution in [0.2, 0.25) is 0 Å². The topological polar surface area (TPSA) is 90.4 Å². The second kappa shape index (κ2) is 7.85. The Labute approximate surface area is 150 Å². The quantitative estimate of drug-likeness (QED) is 0.780. The van der Waals surface area contributed by atoms with Crippen LogP contribution >= 0.6 is 12.4 Å². The fraction of sp³-hybridized carbons (Fsp3) is 0.765. The van der Waals surface area contributed by atoms with Gasteiger partial charge >= 0.3 is 0 Å². The first-order valence-electron chi connectivity index (χ1n) is 8.46. The van der Waals surface area contributed by atoms with Crippen LogP contribution in [0.15, 0.2) is 4.52 Å². The molecular formula is C17H30ClN3O3. The second-order valence-electron chi connectivity index (χ2n) is 6.76. The van der Waals surface area contributed by atoms with Crippen molar-refractivity contribution in [3.05, 3.63) is 17.0 Å². The molecule has 138 valence electrons. The van der Waals surface area contributed by atoms with E-state index < -0.39 is 5.54 Å². The van der Waals surface area contributed by atoms with Gasteiger partial charge in [0.1, 0.15) is 11.3 Å². The van der Waals surface area contributed by atoms with Crippen LogP contribution in [-0.4, -0.2) is 29.3 Å². The van der Waals surface area contributed by atoms with E-state index in [-0.39, 0.29) is 29.8 Å². The summed E-state index contributed by atoms with van der Waals surface area (Å²) in [5, 5.41) is 7.04. The van der Waals surface area contributed by atoms with Gasteiger partial charge in [0.2, 0.25) is 5.91 Å². The number of aryl methyl sites for hydroxylation is 2. The molecule has 1 saturated carbocycles. The van der Waals surface area contributed by atoms with Gasteiger partial charge in [0.25, 0.3) is 0 Å². The predicted octanol–water partition coefficient (Wildman–Crippen LogP) is 2.37. The van der Waals surface area contributed by atoms with Crippen LogP contribution in [0.25, 0.3) is 0 Å². The molecule has 2 rings (SSSR count). The van der Waals surface area contributed by atoms with Gasteiger partial charge in [0.15, 0.2) is 0 Å². The minimum absolute atomic E-state index is 0. The first-order chi connectivity index (χ1) is 10.8. The Morgan fingerprint density at radius 3 is 2.54 bits per heavy atom. The summed E-state index contributed by atoms with van der Waals surface area (Å²) in [5.41, 5.74) is 6.98. The average molecular weight is 360 g/mol. The van der Waals surface area contributed by atoms with Crippen LogP contribution in [0.5, 0.6) is 0 Å². The number of hydrogen-bond donors (Lipinski definition) is 2. The molecule has 0 aliphatic heterocycles. The van der Waals surface area contributed by atoms with Gasteiger partial charge in [0, 0.05) is 37.0 Å². The summed E-state index contributed by atoms with van der Waals surface area (Å²) in [5.74, 6) is 0.692. The molecule has 1 heterocycles. The van der Waals surface area contributed by atoms with Crippen molar-refractivity contribution < 1.29 is 14.1 Å². The Kier molecular flexibility index (Phi) is 6.84. The molecule has 1 fully saturated rings. The van der Waals surface area contributed by atoms with Crippen molar-refractivity contribution in [2.75, 3.05) is 6.61 Å². The highest BCUT2D eigenvalue weighted by atomic mass is 35.5. The van der Waals surface area contributed by atoms with Crippen molar-refractivity contribution in [1.82, 2.24) is 10.5 Å². The number of hydrogen-bond acceptors (Lipinski definition) is 5. The number of halogens is 1. The predicted molar refractivity (Wildman–Crippen MR) is 95.1 cm³/mol. The standard InChI is InChI=1S/C17H29N3O3.ClH/c1-6-12-11(13(7-2)23-20-12)10-19-15(21)17(18)9-14(22-8-3)16(17,4)5;/h14H,6-10,18H2,1-5H3,(H,19,21);1H. The maximum atomic E-state index is 12.7. The molecule has 0 radical (unpaired) electrons. The van der Waals surface area contributed by atoms with E-state index in [2.05, 4.69) is 10.5 Å². The molecule has 2 unspecified atom stereocenters. The highest BCUT2D eigenvalue weighted by Crippen LogP contribution is 2.49. The fourth-order valence-electron chi connectivity index (χ4n) is 3.28. The first kappa shape index (κ1) is 20.9. The van der Waals surface area contributed by atoms with Crippen molar-refractivity contribution in [3.63, 3.8) is 0 Å². The molecule has 1 amide bonds. The molecule has 2 atom stereocenters. The summed E-state index contributed by atoms with van der Waals surface area (Å²) >= 11 is 0. The third-order valence-corrected chi connectivity index (χ3v) is 5.27. The van der Waals surface area contributed by atoms with Crippen molar-refractivity contribution in [2.45, 2.75) is 72.1 Å². The monoisotopic (exact) mass is 359 g/mol. The molecule has 1 aliphatic carbocycles. The minimum Gasteiger partial charge on any atom is -0.378 e. The van der Waals surface area contributed by atoms with Gasteiger partial charge in [-0.15, -0.1) is 12.4 Å². The number of carbonyl (C=O) groups is 1. The summed E-state index contributed by atoms with van der Waals surface area (Å²) in [6, 6.07) is 0.